The van der Waals surface area contributed by atoms with Crippen molar-refractivity contribution in [3.8, 4) is 11.5 Å². The van der Waals surface area contributed by atoms with Crippen LogP contribution in [0.3, 0.4) is 0 Å². The maximum Gasteiger partial charge on any atom is 0.294 e. The predicted molar refractivity (Wildman–Crippen MR) is 73.3 cm³/mol. The molecule has 0 aliphatic rings. The van der Waals surface area contributed by atoms with E-state index in [0.29, 0.717) is 11.4 Å². The Hall–Kier alpha value is -2.45. The zero-order valence-corrected chi connectivity index (χ0v) is 10.9. The number of benzene rings is 2. The molecular weight excluding hydrogens is 284 g/mol. The van der Waals surface area contributed by atoms with E-state index in [-0.39, 0.29) is 16.4 Å². The Morgan fingerprint density at radius 3 is 2.10 bits per heavy atom. The number of aromatic hydroxyl groups is 2. The molecule has 20 heavy (non-hydrogen) atoms. The van der Waals surface area contributed by atoms with Gasteiger partial charge in [-0.05, 0) is 36.4 Å². The second-order valence-corrected chi connectivity index (χ2v) is 5.37. The molecular formula is C12H12N2O5S. The molecule has 5 N–H and O–H groups in total. The van der Waals surface area contributed by atoms with Crippen LogP contribution in [0.1, 0.15) is 0 Å². The van der Waals surface area contributed by atoms with E-state index in [1.807, 2.05) is 0 Å². The van der Waals surface area contributed by atoms with Crippen molar-refractivity contribution in [2.75, 3.05) is 10.9 Å². The van der Waals surface area contributed by atoms with Crippen molar-refractivity contribution in [2.24, 2.45) is 0 Å². The third kappa shape index (κ3) is 3.31. The number of hydrogen-bond donors (Lipinski definition) is 5. The van der Waals surface area contributed by atoms with E-state index < -0.39 is 10.1 Å². The normalized spacial score (nSPS) is 11.1. The maximum absolute atomic E-state index is 10.9. The molecule has 0 saturated heterocycles. The molecule has 2 rings (SSSR count). The van der Waals surface area contributed by atoms with Gasteiger partial charge in [0.05, 0.1) is 16.3 Å². The van der Waals surface area contributed by atoms with Crippen LogP contribution in [0, 0.1) is 0 Å². The molecule has 106 valence electrons. The van der Waals surface area contributed by atoms with Crippen molar-refractivity contribution in [1.82, 2.24) is 0 Å². The smallest absolute Gasteiger partial charge is 0.294 e. The quantitative estimate of drug-likeness (QED) is 0.252. The van der Waals surface area contributed by atoms with Crippen molar-refractivity contribution in [2.45, 2.75) is 4.90 Å². The fraction of sp³-hybridized carbons (Fsp3) is 0. The van der Waals surface area contributed by atoms with Gasteiger partial charge in [-0.15, -0.1) is 0 Å². The van der Waals surface area contributed by atoms with Crippen LogP contribution in [0.5, 0.6) is 11.5 Å². The van der Waals surface area contributed by atoms with Crippen LogP contribution >= 0.6 is 0 Å². The highest BCUT2D eigenvalue weighted by Gasteiger charge is 2.08. The summed E-state index contributed by atoms with van der Waals surface area (Å²) in [5.74, 6) is -0.211. The van der Waals surface area contributed by atoms with Gasteiger partial charge in [-0.1, -0.05) is 0 Å². The minimum atomic E-state index is -4.21. The fourth-order valence-corrected chi connectivity index (χ4v) is 1.96. The lowest BCUT2D eigenvalue weighted by atomic mass is 10.3. The van der Waals surface area contributed by atoms with Crippen molar-refractivity contribution in [3.63, 3.8) is 0 Å². The molecule has 0 amide bonds. The average molecular weight is 296 g/mol. The van der Waals surface area contributed by atoms with E-state index in [4.69, 9.17) is 9.66 Å². The second-order valence-electron chi connectivity index (χ2n) is 3.95. The van der Waals surface area contributed by atoms with Gasteiger partial charge in [0.2, 0.25) is 0 Å². The third-order valence-corrected chi connectivity index (χ3v) is 3.34. The molecule has 0 unspecified atom stereocenters. The Balaban J connectivity index is 2.08. The number of phenolic OH excluding ortho intramolecular Hbond substituents is 2. The molecule has 0 bridgehead atoms. The van der Waals surface area contributed by atoms with Gasteiger partial charge in [0, 0.05) is 6.07 Å². The van der Waals surface area contributed by atoms with Crippen LogP contribution in [0.25, 0.3) is 0 Å². The summed E-state index contributed by atoms with van der Waals surface area (Å²) < 4.78 is 30.6. The van der Waals surface area contributed by atoms with Crippen molar-refractivity contribution in [1.29, 1.82) is 0 Å². The maximum atomic E-state index is 10.9. The topological polar surface area (TPSA) is 119 Å². The van der Waals surface area contributed by atoms with Crippen LogP contribution in [-0.2, 0) is 10.1 Å². The minimum Gasteiger partial charge on any atom is -0.508 e. The van der Waals surface area contributed by atoms with Gasteiger partial charge in [-0.25, -0.2) is 0 Å². The van der Waals surface area contributed by atoms with E-state index in [0.717, 1.165) is 0 Å². The fourth-order valence-electron chi connectivity index (χ4n) is 1.48. The van der Waals surface area contributed by atoms with E-state index in [1.165, 1.54) is 42.5 Å². The number of nitrogens with one attached hydrogen (secondary N) is 2. The van der Waals surface area contributed by atoms with Gasteiger partial charge in [0.15, 0.2) is 0 Å². The van der Waals surface area contributed by atoms with E-state index in [9.17, 15) is 13.5 Å². The summed E-state index contributed by atoms with van der Waals surface area (Å²) in [7, 11) is -4.21. The summed E-state index contributed by atoms with van der Waals surface area (Å²) in [6, 6.07) is 9.37. The van der Waals surface area contributed by atoms with Crippen LogP contribution in [-0.4, -0.2) is 23.2 Å². The summed E-state index contributed by atoms with van der Waals surface area (Å²) in [5.41, 5.74) is 6.28. The molecule has 0 fully saturated rings. The molecule has 0 aliphatic carbocycles. The van der Waals surface area contributed by atoms with Crippen molar-refractivity contribution in [3.05, 3.63) is 42.5 Å². The van der Waals surface area contributed by atoms with Gasteiger partial charge in [0.1, 0.15) is 11.5 Å². The highest BCUT2D eigenvalue weighted by atomic mass is 32.2. The number of rotatable bonds is 4. The van der Waals surface area contributed by atoms with Crippen molar-refractivity contribution < 1.29 is 23.2 Å². The zero-order chi connectivity index (χ0) is 14.8. The molecule has 8 heteroatoms. The second kappa shape index (κ2) is 5.27. The molecule has 0 heterocycles. The monoisotopic (exact) mass is 296 g/mol. The largest absolute Gasteiger partial charge is 0.508 e. The Kier molecular flexibility index (Phi) is 3.68. The van der Waals surface area contributed by atoms with Gasteiger partial charge in [-0.2, -0.15) is 8.42 Å². The Bertz CT molecular complexity index is 713. The van der Waals surface area contributed by atoms with E-state index >= 15 is 0 Å². The number of phenols is 2. The standard InChI is InChI=1S/C12H12N2O5S/c15-9-3-6-11(12(16)7-9)14-13-8-1-4-10(5-2-8)20(17,18)19/h1-7,13-16H,(H,17,18,19). The molecule has 2 aromatic carbocycles. The first-order chi connectivity index (χ1) is 9.36. The summed E-state index contributed by atoms with van der Waals surface area (Å²) in [4.78, 5) is -0.212. The molecule has 0 saturated carbocycles. The summed E-state index contributed by atoms with van der Waals surface area (Å²) >= 11 is 0. The Morgan fingerprint density at radius 1 is 0.900 bits per heavy atom. The molecule has 2 aromatic rings. The summed E-state index contributed by atoms with van der Waals surface area (Å²) in [6.07, 6.45) is 0. The van der Waals surface area contributed by atoms with Crippen LogP contribution < -0.4 is 10.9 Å². The lowest BCUT2D eigenvalue weighted by Crippen LogP contribution is -2.08. The van der Waals surface area contributed by atoms with Gasteiger partial charge in [-0.3, -0.25) is 9.98 Å². The van der Waals surface area contributed by atoms with Crippen LogP contribution in [0.2, 0.25) is 0 Å². The molecule has 0 aromatic heterocycles. The Labute approximate surface area is 115 Å². The SMILES string of the molecule is O=S(=O)(O)c1ccc(NNc2ccc(O)cc2O)cc1. The highest BCUT2D eigenvalue weighted by molar-refractivity contribution is 7.85. The molecule has 7 nitrogen and oxygen atoms in total. The first kappa shape index (κ1) is 14.0. The third-order valence-electron chi connectivity index (χ3n) is 2.47. The first-order valence-corrected chi connectivity index (χ1v) is 6.92. The van der Waals surface area contributed by atoms with Crippen LogP contribution in [0.15, 0.2) is 47.4 Å². The molecule has 0 aliphatic heterocycles. The number of hydrazine groups is 1. The van der Waals surface area contributed by atoms with Crippen molar-refractivity contribution >= 4 is 21.5 Å². The Morgan fingerprint density at radius 2 is 1.55 bits per heavy atom. The molecule has 0 atom stereocenters. The minimum absolute atomic E-state index is 0.0643. The lowest BCUT2D eigenvalue weighted by Gasteiger charge is -2.11. The summed E-state index contributed by atoms with van der Waals surface area (Å²) in [5, 5.41) is 18.7. The van der Waals surface area contributed by atoms with Gasteiger partial charge < -0.3 is 15.6 Å². The molecule has 0 radical (unpaired) electrons. The number of hydrogen-bond acceptors (Lipinski definition) is 6. The zero-order valence-electron chi connectivity index (χ0n) is 10.1. The van der Waals surface area contributed by atoms with E-state index in [1.54, 1.807) is 0 Å². The lowest BCUT2D eigenvalue weighted by molar-refractivity contribution is 0.452. The van der Waals surface area contributed by atoms with E-state index in [2.05, 4.69) is 10.9 Å². The molecule has 0 spiro atoms. The number of anilines is 2. The summed E-state index contributed by atoms with van der Waals surface area (Å²) in [6.45, 7) is 0. The van der Waals surface area contributed by atoms with Gasteiger partial charge >= 0.3 is 0 Å². The highest BCUT2D eigenvalue weighted by Crippen LogP contribution is 2.27. The first-order valence-electron chi connectivity index (χ1n) is 5.48. The average Bonchev–Trinajstić information content (AvgIpc) is 2.37. The van der Waals surface area contributed by atoms with Crippen LogP contribution in [0.4, 0.5) is 11.4 Å². The van der Waals surface area contributed by atoms with Gasteiger partial charge in [0.25, 0.3) is 10.1 Å². The predicted octanol–water partition coefficient (Wildman–Crippen LogP) is 1.78.